The number of nitrogens with two attached hydrogens (primary N) is 4. The van der Waals surface area contributed by atoms with E-state index in [1.54, 1.807) is 32.4 Å². The van der Waals surface area contributed by atoms with Crippen LogP contribution in [0.1, 0.15) is 38.2 Å². The molecule has 11 heteroatoms. The van der Waals surface area contributed by atoms with Gasteiger partial charge < -0.3 is 43.0 Å². The maximum absolute atomic E-state index is 12.0. The lowest BCUT2D eigenvalue weighted by atomic mass is 10.1. The minimum atomic E-state index is -0.0716. The van der Waals surface area contributed by atoms with Crippen molar-refractivity contribution in [1.29, 1.82) is 0 Å². The molecule has 196 valence electrons. The monoisotopic (exact) mass is 499 g/mol. The molecule has 0 spiro atoms. The van der Waals surface area contributed by atoms with E-state index in [0.717, 1.165) is 38.9 Å². The van der Waals surface area contributed by atoms with Crippen molar-refractivity contribution in [2.24, 2.45) is 33.8 Å². The largest absolute Gasteiger partial charge is 0.494 e. The Morgan fingerprint density at radius 2 is 1.83 bits per heavy atom. The van der Waals surface area contributed by atoms with Crippen molar-refractivity contribution in [2.45, 2.75) is 38.6 Å². The molecular weight excluding hydrogens is 462 g/mol. The minimum Gasteiger partial charge on any atom is -0.494 e. The fraction of sp³-hybridized carbons (Fsp3) is 0.400. The molecule has 11 nitrogen and oxygen atoms in total. The highest BCUT2D eigenvalue weighted by Crippen LogP contribution is 2.33. The summed E-state index contributed by atoms with van der Waals surface area (Å²) in [6.07, 6.45) is 8.99. The first-order valence-electron chi connectivity index (χ1n) is 11.7. The number of ether oxygens (including phenoxy) is 2. The van der Waals surface area contributed by atoms with Crippen LogP contribution < -0.4 is 38.3 Å². The first-order chi connectivity index (χ1) is 17.3. The van der Waals surface area contributed by atoms with E-state index < -0.39 is 0 Å². The molecule has 1 aromatic rings. The van der Waals surface area contributed by atoms with E-state index in [1.165, 1.54) is 0 Å². The van der Waals surface area contributed by atoms with E-state index in [9.17, 15) is 4.79 Å². The number of amides is 2. The number of anilines is 1. The van der Waals surface area contributed by atoms with Crippen LogP contribution in [0.5, 0.6) is 5.75 Å². The summed E-state index contributed by atoms with van der Waals surface area (Å²) in [5, 5.41) is 5.95. The molecule has 1 heterocycles. The summed E-state index contributed by atoms with van der Waals surface area (Å²) in [4.78, 5) is 25.1. The molecule has 2 fully saturated rings. The standard InChI is InChI=1S/C24H34N6O3.CH3NO/c1-15(25)21(14-22(27)30-24(31)16-6-7-16)29-20-5-3-4-18(23(20)32-2)19(26)8-11-28-17-9-12-33-13-10-17;2-1-3/h3-5,8,11,14,16-17,29H,6-7,9-10,12-13,25-27H2,1-2H3,(H,30,31);1H,(H2,2,3)/b19-8-,21-15+,22-14+,28-11?;. The van der Waals surface area contributed by atoms with Gasteiger partial charge in [-0.2, -0.15) is 0 Å². The van der Waals surface area contributed by atoms with E-state index in [4.69, 9.17) is 31.5 Å². The number of nitrogens with one attached hydrogen (secondary N) is 2. The van der Waals surface area contributed by atoms with Crippen molar-refractivity contribution < 1.29 is 19.1 Å². The van der Waals surface area contributed by atoms with Crippen molar-refractivity contribution in [3.8, 4) is 5.75 Å². The Morgan fingerprint density at radius 1 is 1.17 bits per heavy atom. The van der Waals surface area contributed by atoms with Gasteiger partial charge in [0.15, 0.2) is 5.75 Å². The number of hydrogen-bond acceptors (Lipinski definition) is 9. The van der Waals surface area contributed by atoms with Crippen LogP contribution in [0.25, 0.3) is 5.70 Å². The number of allylic oxidation sites excluding steroid dienone is 3. The molecule has 1 aliphatic heterocycles. The molecule has 0 unspecified atom stereocenters. The minimum absolute atomic E-state index is 0.0536. The smallest absolute Gasteiger partial charge is 0.228 e. The average molecular weight is 500 g/mol. The SMILES string of the molecule is COc1c(NC(/C=C(\N)NC(=O)C2CC2)=C(\C)N)cccc1/C(N)=C/C=NC1CCOCC1.NC=O. The van der Waals surface area contributed by atoms with Crippen molar-refractivity contribution in [3.05, 3.63) is 53.1 Å². The molecule has 2 amide bonds. The van der Waals surface area contributed by atoms with Gasteiger partial charge in [0, 0.05) is 48.4 Å². The van der Waals surface area contributed by atoms with Gasteiger partial charge in [0.2, 0.25) is 12.3 Å². The van der Waals surface area contributed by atoms with Crippen LogP contribution in [0.2, 0.25) is 0 Å². The predicted molar refractivity (Wildman–Crippen MR) is 141 cm³/mol. The van der Waals surface area contributed by atoms with Crippen LogP contribution >= 0.6 is 0 Å². The Balaban J connectivity index is 0.00000145. The zero-order valence-corrected chi connectivity index (χ0v) is 20.8. The molecule has 0 radical (unpaired) electrons. The van der Waals surface area contributed by atoms with Gasteiger partial charge in [-0.25, -0.2) is 0 Å². The fourth-order valence-electron chi connectivity index (χ4n) is 3.43. The molecule has 2 aliphatic rings. The second kappa shape index (κ2) is 14.4. The Kier molecular flexibility index (Phi) is 11.3. The van der Waals surface area contributed by atoms with Crippen LogP contribution in [0.3, 0.4) is 0 Å². The first kappa shape index (κ1) is 28.2. The average Bonchev–Trinajstić information content (AvgIpc) is 3.70. The Morgan fingerprint density at radius 3 is 2.42 bits per heavy atom. The first-order valence-corrected chi connectivity index (χ1v) is 11.7. The maximum atomic E-state index is 12.0. The van der Waals surface area contributed by atoms with E-state index in [2.05, 4.69) is 21.4 Å². The van der Waals surface area contributed by atoms with Crippen LogP contribution in [0, 0.1) is 5.92 Å². The van der Waals surface area contributed by atoms with Gasteiger partial charge in [-0.05, 0) is 50.8 Å². The maximum Gasteiger partial charge on any atom is 0.228 e. The van der Waals surface area contributed by atoms with Crippen molar-refractivity contribution in [1.82, 2.24) is 5.32 Å². The predicted octanol–water partition coefficient (Wildman–Crippen LogP) is 1.27. The van der Waals surface area contributed by atoms with E-state index in [-0.39, 0.29) is 30.1 Å². The lowest BCUT2D eigenvalue weighted by Gasteiger charge is -2.18. The van der Waals surface area contributed by atoms with E-state index in [0.29, 0.717) is 34.1 Å². The van der Waals surface area contributed by atoms with Crippen LogP contribution in [0.4, 0.5) is 5.69 Å². The second-order valence-electron chi connectivity index (χ2n) is 8.37. The lowest BCUT2D eigenvalue weighted by molar-refractivity contribution is -0.121. The molecule has 0 atom stereocenters. The number of para-hydroxylation sites is 1. The highest BCUT2D eigenvalue weighted by molar-refractivity contribution is 5.87. The number of benzene rings is 1. The number of carbonyl (C=O) groups excluding carboxylic acids is 2. The zero-order chi connectivity index (χ0) is 26.5. The second-order valence-corrected chi connectivity index (χ2v) is 8.37. The summed E-state index contributed by atoms with van der Waals surface area (Å²) in [6.45, 7) is 3.22. The van der Waals surface area contributed by atoms with Crippen molar-refractivity contribution in [2.75, 3.05) is 25.6 Å². The zero-order valence-electron chi connectivity index (χ0n) is 20.8. The Hall–Kier alpha value is -3.99. The van der Waals surface area contributed by atoms with Gasteiger partial charge in [-0.3, -0.25) is 14.6 Å². The quantitative estimate of drug-likeness (QED) is 0.166. The normalized spacial score (nSPS) is 17.5. The highest BCUT2D eigenvalue weighted by Gasteiger charge is 2.29. The van der Waals surface area contributed by atoms with Gasteiger partial charge in [-0.15, -0.1) is 0 Å². The molecule has 1 saturated carbocycles. The Bertz CT molecular complexity index is 1020. The third-order valence-corrected chi connectivity index (χ3v) is 5.48. The highest BCUT2D eigenvalue weighted by atomic mass is 16.5. The van der Waals surface area contributed by atoms with Crippen LogP contribution in [-0.4, -0.2) is 44.9 Å². The Labute approximate surface area is 211 Å². The molecule has 1 saturated heterocycles. The number of nitrogens with zero attached hydrogens (tertiary/aromatic N) is 1. The fourth-order valence-corrected chi connectivity index (χ4v) is 3.43. The van der Waals surface area contributed by atoms with Gasteiger partial charge in [0.05, 0.1) is 24.5 Å². The summed E-state index contributed by atoms with van der Waals surface area (Å²) in [5.41, 5.74) is 25.5. The number of aliphatic imine (C=N–C) groups is 1. The van der Waals surface area contributed by atoms with Gasteiger partial charge in [-0.1, -0.05) is 6.07 Å². The summed E-state index contributed by atoms with van der Waals surface area (Å²) in [7, 11) is 1.58. The van der Waals surface area contributed by atoms with Gasteiger partial charge in [0.25, 0.3) is 0 Å². The molecule has 0 bridgehead atoms. The van der Waals surface area contributed by atoms with E-state index >= 15 is 0 Å². The van der Waals surface area contributed by atoms with Gasteiger partial charge >= 0.3 is 0 Å². The lowest BCUT2D eigenvalue weighted by Crippen LogP contribution is -2.29. The van der Waals surface area contributed by atoms with Crippen molar-refractivity contribution in [3.63, 3.8) is 0 Å². The number of rotatable bonds is 9. The van der Waals surface area contributed by atoms with Crippen LogP contribution in [0.15, 0.2) is 52.6 Å². The third kappa shape index (κ3) is 8.99. The molecule has 1 aromatic carbocycles. The van der Waals surface area contributed by atoms with E-state index in [1.807, 2.05) is 18.2 Å². The summed E-state index contributed by atoms with van der Waals surface area (Å²) < 4.78 is 11.0. The molecule has 10 N–H and O–H groups in total. The number of hydrogen-bond donors (Lipinski definition) is 6. The van der Waals surface area contributed by atoms with Crippen molar-refractivity contribution >= 4 is 29.9 Å². The molecule has 1 aliphatic carbocycles. The summed E-state index contributed by atoms with van der Waals surface area (Å²) >= 11 is 0. The summed E-state index contributed by atoms with van der Waals surface area (Å²) in [5.74, 6) is 0.757. The molecule has 0 aromatic heterocycles. The third-order valence-electron chi connectivity index (χ3n) is 5.48. The molecular formula is C25H37N7O4. The van der Waals surface area contributed by atoms with Crippen LogP contribution in [-0.2, 0) is 14.3 Å². The summed E-state index contributed by atoms with van der Waals surface area (Å²) in [6, 6.07) is 5.84. The van der Waals surface area contributed by atoms with Gasteiger partial charge in [0.1, 0.15) is 5.82 Å². The number of carbonyl (C=O) groups is 2. The number of primary amides is 1. The topological polar surface area (TPSA) is 193 Å². The molecule has 3 rings (SSSR count). The molecule has 36 heavy (non-hydrogen) atoms. The number of methoxy groups -OCH3 is 1.